The topological polar surface area (TPSA) is 154 Å². The van der Waals surface area contributed by atoms with Gasteiger partial charge < -0.3 is 35.0 Å². The molecule has 0 spiro atoms. The van der Waals surface area contributed by atoms with Crippen molar-refractivity contribution in [3.63, 3.8) is 0 Å². The van der Waals surface area contributed by atoms with Gasteiger partial charge in [-0.05, 0) is 55.2 Å². The number of hydrogen-bond acceptors (Lipinski definition) is 7. The van der Waals surface area contributed by atoms with Crippen LogP contribution >= 0.6 is 0 Å². The molecule has 0 saturated carbocycles. The second kappa shape index (κ2) is 10.3. The standard InChI is InChI=1S/C23H28O9/c1-12-19(26)20(27)21(28)22(32-12)18-15-8-6-14(23(29)30)11-13(15)7-9-16(18)31-10-4-2-3-5-17(24)25/h6-9,11-12,19-22,26-28H,2-5,10H2,1H3,(H,24,25)(H,29,30)/t12-,19+,20+,21-,22+/m0/s1. The van der Waals surface area contributed by atoms with Crippen molar-refractivity contribution < 1.29 is 44.6 Å². The minimum Gasteiger partial charge on any atom is -0.493 e. The number of aliphatic hydroxyl groups is 3. The molecule has 2 aromatic carbocycles. The van der Waals surface area contributed by atoms with E-state index in [-0.39, 0.29) is 12.0 Å². The molecule has 174 valence electrons. The van der Waals surface area contributed by atoms with Gasteiger partial charge in [-0.3, -0.25) is 4.79 Å². The van der Waals surface area contributed by atoms with Crippen LogP contribution in [0.2, 0.25) is 0 Å². The third-order valence-corrected chi connectivity index (χ3v) is 5.70. The molecule has 0 unspecified atom stereocenters. The highest BCUT2D eigenvalue weighted by Crippen LogP contribution is 2.41. The molecule has 0 bridgehead atoms. The maximum Gasteiger partial charge on any atom is 0.335 e. The first-order valence-corrected chi connectivity index (χ1v) is 10.5. The summed E-state index contributed by atoms with van der Waals surface area (Å²) >= 11 is 0. The minimum absolute atomic E-state index is 0.0906. The van der Waals surface area contributed by atoms with Gasteiger partial charge in [0.2, 0.25) is 0 Å². The second-order valence-electron chi connectivity index (χ2n) is 8.00. The summed E-state index contributed by atoms with van der Waals surface area (Å²) in [7, 11) is 0. The normalized spacial score (nSPS) is 25.6. The lowest BCUT2D eigenvalue weighted by Gasteiger charge is -2.40. The molecular weight excluding hydrogens is 420 g/mol. The Morgan fingerprint density at radius 3 is 2.41 bits per heavy atom. The fourth-order valence-electron chi connectivity index (χ4n) is 3.91. The summed E-state index contributed by atoms with van der Waals surface area (Å²) < 4.78 is 11.8. The van der Waals surface area contributed by atoms with Crippen LogP contribution in [0.1, 0.15) is 54.6 Å². The zero-order valence-electron chi connectivity index (χ0n) is 17.7. The fraction of sp³-hybridized carbons (Fsp3) is 0.478. The lowest BCUT2D eigenvalue weighted by atomic mass is 9.88. The number of rotatable bonds is 9. The SMILES string of the molecule is C[C@@H]1O[C@H](c2c(OCCCCCC(=O)O)ccc3cc(C(=O)O)ccc23)[C@@H](O)[C@H](O)[C@@H]1O. The molecule has 0 amide bonds. The van der Waals surface area contributed by atoms with Gasteiger partial charge in [-0.2, -0.15) is 0 Å². The highest BCUT2D eigenvalue weighted by atomic mass is 16.5. The lowest BCUT2D eigenvalue weighted by Crippen LogP contribution is -2.53. The molecule has 2 aromatic rings. The Balaban J connectivity index is 1.93. The molecular formula is C23H28O9. The van der Waals surface area contributed by atoms with E-state index in [1.54, 1.807) is 25.1 Å². The molecule has 0 aliphatic carbocycles. The molecule has 3 rings (SSSR count). The molecule has 5 atom stereocenters. The molecule has 1 aliphatic rings. The van der Waals surface area contributed by atoms with E-state index in [9.17, 15) is 30.0 Å². The third kappa shape index (κ3) is 5.18. The number of hydrogen-bond donors (Lipinski definition) is 5. The number of ether oxygens (including phenoxy) is 2. The van der Waals surface area contributed by atoms with Gasteiger partial charge in [-0.15, -0.1) is 0 Å². The predicted octanol–water partition coefficient (Wildman–Crippen LogP) is 2.10. The van der Waals surface area contributed by atoms with Crippen LogP contribution in [0, 0.1) is 0 Å². The number of aromatic carboxylic acids is 1. The lowest BCUT2D eigenvalue weighted by molar-refractivity contribution is -0.219. The Hall–Kier alpha value is -2.72. The van der Waals surface area contributed by atoms with Gasteiger partial charge in [0, 0.05) is 12.0 Å². The second-order valence-corrected chi connectivity index (χ2v) is 8.00. The average Bonchev–Trinajstić information content (AvgIpc) is 2.76. The van der Waals surface area contributed by atoms with E-state index in [1.807, 2.05) is 0 Å². The molecule has 1 fully saturated rings. The van der Waals surface area contributed by atoms with Gasteiger partial charge in [0.25, 0.3) is 0 Å². The predicted molar refractivity (Wildman–Crippen MR) is 114 cm³/mol. The minimum atomic E-state index is -1.43. The van der Waals surface area contributed by atoms with E-state index in [1.165, 1.54) is 12.1 Å². The van der Waals surface area contributed by atoms with Crippen molar-refractivity contribution >= 4 is 22.7 Å². The Morgan fingerprint density at radius 1 is 0.969 bits per heavy atom. The van der Waals surface area contributed by atoms with Gasteiger partial charge in [-0.1, -0.05) is 12.1 Å². The first-order valence-electron chi connectivity index (χ1n) is 10.5. The number of fused-ring (bicyclic) bond motifs is 1. The van der Waals surface area contributed by atoms with Crippen molar-refractivity contribution in [2.24, 2.45) is 0 Å². The van der Waals surface area contributed by atoms with Crippen LogP contribution in [0.25, 0.3) is 10.8 Å². The average molecular weight is 448 g/mol. The smallest absolute Gasteiger partial charge is 0.335 e. The molecule has 0 radical (unpaired) electrons. The van der Waals surface area contributed by atoms with E-state index < -0.39 is 42.5 Å². The molecule has 32 heavy (non-hydrogen) atoms. The number of aliphatic hydroxyl groups excluding tert-OH is 3. The summed E-state index contributed by atoms with van der Waals surface area (Å²) in [5.74, 6) is -1.52. The third-order valence-electron chi connectivity index (χ3n) is 5.70. The first-order chi connectivity index (χ1) is 15.2. The summed E-state index contributed by atoms with van der Waals surface area (Å²) in [5.41, 5.74) is 0.555. The summed E-state index contributed by atoms with van der Waals surface area (Å²) in [6.07, 6.45) is -3.96. The van der Waals surface area contributed by atoms with Gasteiger partial charge in [-0.25, -0.2) is 4.79 Å². The number of unbranched alkanes of at least 4 members (excludes halogenated alkanes) is 2. The van der Waals surface area contributed by atoms with Crippen molar-refractivity contribution in [2.75, 3.05) is 6.61 Å². The van der Waals surface area contributed by atoms with E-state index >= 15 is 0 Å². The molecule has 5 N–H and O–H groups in total. The highest BCUT2D eigenvalue weighted by Gasteiger charge is 2.43. The van der Waals surface area contributed by atoms with Crippen LogP contribution < -0.4 is 4.74 Å². The van der Waals surface area contributed by atoms with Crippen molar-refractivity contribution in [3.8, 4) is 5.75 Å². The number of benzene rings is 2. The van der Waals surface area contributed by atoms with Crippen molar-refractivity contribution in [3.05, 3.63) is 41.5 Å². The molecule has 1 aliphatic heterocycles. The van der Waals surface area contributed by atoms with Gasteiger partial charge in [0.05, 0.1) is 18.3 Å². The Kier molecular flexibility index (Phi) is 7.68. The molecule has 0 aromatic heterocycles. The Bertz CT molecular complexity index is 973. The molecule has 9 heteroatoms. The summed E-state index contributed by atoms with van der Waals surface area (Å²) in [6, 6.07) is 7.90. The van der Waals surface area contributed by atoms with E-state index in [4.69, 9.17) is 14.6 Å². The number of carboxylic acids is 2. The van der Waals surface area contributed by atoms with Crippen LogP contribution in [0.4, 0.5) is 0 Å². The fourth-order valence-corrected chi connectivity index (χ4v) is 3.91. The summed E-state index contributed by atoms with van der Waals surface area (Å²) in [5, 5.41) is 50.2. The van der Waals surface area contributed by atoms with Crippen LogP contribution in [0.3, 0.4) is 0 Å². The van der Waals surface area contributed by atoms with Crippen LogP contribution in [0.5, 0.6) is 5.75 Å². The van der Waals surface area contributed by atoms with Crippen molar-refractivity contribution in [2.45, 2.75) is 63.1 Å². The van der Waals surface area contributed by atoms with Gasteiger partial charge in [0.1, 0.15) is 30.2 Å². The summed E-state index contributed by atoms with van der Waals surface area (Å²) in [4.78, 5) is 22.0. The Morgan fingerprint density at radius 2 is 1.72 bits per heavy atom. The number of carbonyl (C=O) groups is 2. The molecule has 1 saturated heterocycles. The molecule has 9 nitrogen and oxygen atoms in total. The van der Waals surface area contributed by atoms with E-state index in [2.05, 4.69) is 0 Å². The maximum absolute atomic E-state index is 11.4. The quantitative estimate of drug-likeness (QED) is 0.363. The zero-order chi connectivity index (χ0) is 23.4. The van der Waals surface area contributed by atoms with Gasteiger partial charge >= 0.3 is 11.9 Å². The zero-order valence-corrected chi connectivity index (χ0v) is 17.7. The maximum atomic E-state index is 11.4. The van der Waals surface area contributed by atoms with Crippen molar-refractivity contribution in [1.82, 2.24) is 0 Å². The largest absolute Gasteiger partial charge is 0.493 e. The summed E-state index contributed by atoms with van der Waals surface area (Å²) in [6.45, 7) is 1.89. The van der Waals surface area contributed by atoms with Crippen LogP contribution in [-0.2, 0) is 9.53 Å². The number of aliphatic carboxylic acids is 1. The number of carboxylic acid groups (broad SMARTS) is 2. The first kappa shape index (κ1) is 23.9. The highest BCUT2D eigenvalue weighted by molar-refractivity contribution is 5.96. The molecule has 1 heterocycles. The Labute approximate surface area is 184 Å². The van der Waals surface area contributed by atoms with Crippen LogP contribution in [0.15, 0.2) is 30.3 Å². The van der Waals surface area contributed by atoms with E-state index in [0.717, 1.165) is 0 Å². The monoisotopic (exact) mass is 448 g/mol. The van der Waals surface area contributed by atoms with Crippen molar-refractivity contribution in [1.29, 1.82) is 0 Å². The van der Waals surface area contributed by atoms with Crippen LogP contribution in [-0.4, -0.2) is 68.5 Å². The van der Waals surface area contributed by atoms with Gasteiger partial charge in [0.15, 0.2) is 0 Å². The van der Waals surface area contributed by atoms with E-state index in [0.29, 0.717) is 48.0 Å².